The van der Waals surface area contributed by atoms with E-state index in [4.69, 9.17) is 30.8 Å². The van der Waals surface area contributed by atoms with Crippen molar-refractivity contribution in [3.63, 3.8) is 0 Å². The second-order valence-electron chi connectivity index (χ2n) is 9.82. The van der Waals surface area contributed by atoms with E-state index >= 15 is 0 Å². The molecule has 0 amide bonds. The van der Waals surface area contributed by atoms with Gasteiger partial charge in [-0.15, -0.1) is 5.10 Å². The van der Waals surface area contributed by atoms with Crippen LogP contribution in [0.1, 0.15) is 49.7 Å². The minimum Gasteiger partial charge on any atom is -0.489 e. The number of fused-ring (bicyclic) bond motifs is 1. The number of hydrogen-bond acceptors (Lipinski definition) is 9. The number of carboxylic acids is 1. The van der Waals surface area contributed by atoms with Crippen molar-refractivity contribution in [3.8, 4) is 23.1 Å². The zero-order chi connectivity index (χ0) is 26.8. The number of nitrogens with zero attached hydrogens (tertiary/aromatic N) is 6. The van der Waals surface area contributed by atoms with E-state index in [1.165, 1.54) is 6.20 Å². The summed E-state index contributed by atoms with van der Waals surface area (Å²) in [4.78, 5) is 24.8. The van der Waals surface area contributed by atoms with Crippen molar-refractivity contribution in [2.45, 2.75) is 58.8 Å². The monoisotopic (exact) mass is 542 g/mol. The molecule has 38 heavy (non-hydrogen) atoms. The molecule has 2 aliphatic rings. The third-order valence-corrected chi connectivity index (χ3v) is 7.80. The first kappa shape index (κ1) is 26.3. The minimum absolute atomic E-state index is 0.00553. The molecule has 2 aliphatic carbocycles. The molecule has 11 nitrogen and oxygen atoms in total. The normalized spacial score (nSPS) is 22.4. The zero-order valence-electron chi connectivity index (χ0n) is 21.6. The molecular formula is C26H31ClN6O5. The molecule has 0 radical (unpaired) electrons. The third kappa shape index (κ3) is 5.44. The Balaban J connectivity index is 1.27. The van der Waals surface area contributed by atoms with Crippen LogP contribution in [0, 0.1) is 24.7 Å². The van der Waals surface area contributed by atoms with Gasteiger partial charge in [0.15, 0.2) is 0 Å². The molecule has 0 aliphatic heterocycles. The van der Waals surface area contributed by atoms with Gasteiger partial charge in [-0.1, -0.05) is 16.8 Å². The van der Waals surface area contributed by atoms with E-state index in [2.05, 4.69) is 20.3 Å². The van der Waals surface area contributed by atoms with Gasteiger partial charge in [0.1, 0.15) is 23.7 Å². The number of pyridine rings is 1. The Morgan fingerprint density at radius 2 is 2.05 bits per heavy atom. The summed E-state index contributed by atoms with van der Waals surface area (Å²) >= 11 is 6.16. The molecule has 2 saturated carbocycles. The molecular weight excluding hydrogens is 512 g/mol. The number of carbonyl (C=O) groups is 1. The Kier molecular flexibility index (Phi) is 7.75. The third-order valence-electron chi connectivity index (χ3n) is 7.48. The van der Waals surface area contributed by atoms with Crippen molar-refractivity contribution in [1.29, 1.82) is 0 Å². The van der Waals surface area contributed by atoms with E-state index in [0.29, 0.717) is 46.1 Å². The van der Waals surface area contributed by atoms with Gasteiger partial charge >= 0.3 is 12.0 Å². The molecule has 0 spiro atoms. The summed E-state index contributed by atoms with van der Waals surface area (Å²) in [6.45, 7) is 4.73. The lowest BCUT2D eigenvalue weighted by molar-refractivity contribution is -0.143. The van der Waals surface area contributed by atoms with Gasteiger partial charge < -0.3 is 19.3 Å². The van der Waals surface area contributed by atoms with Crippen molar-refractivity contribution in [2.24, 2.45) is 24.8 Å². The minimum atomic E-state index is -0.683. The number of aryl methyl sites for hydroxylation is 2. The van der Waals surface area contributed by atoms with Crippen LogP contribution in [0.5, 0.6) is 11.8 Å². The highest BCUT2D eigenvalue weighted by atomic mass is 35.5. The maximum absolute atomic E-state index is 11.6. The topological polar surface area (TPSA) is 134 Å². The van der Waals surface area contributed by atoms with E-state index in [1.54, 1.807) is 11.7 Å². The van der Waals surface area contributed by atoms with Crippen LogP contribution in [0.3, 0.4) is 0 Å². The molecule has 202 valence electrons. The quantitative estimate of drug-likeness (QED) is 0.400. The summed E-state index contributed by atoms with van der Waals surface area (Å²) in [5, 5.41) is 18.4. The SMILES string of the molecule is CCOCc1nc(OCc2c(-c3ccc(O[C@H]4C[C@@H]5CC[C@H](C(=O)O)[C@@H]5C4)c(C)n3)nnn2C)ncc1Cl. The van der Waals surface area contributed by atoms with Gasteiger partial charge in [-0.2, -0.15) is 4.98 Å². The standard InChI is InChI=1S/C26H31ClN6O5/c1-4-36-12-21-19(27)11-28-26(30-21)37-13-22-24(31-32-33(22)3)20-7-8-23(14(2)29-20)38-16-9-15-5-6-17(25(34)35)18(15)10-16/h7-8,11,15-18H,4-6,9-10,12-13H2,1-3H3,(H,34,35)/t15-,16-,17-,18+/m0/s1. The average molecular weight is 543 g/mol. The first-order chi connectivity index (χ1) is 18.3. The summed E-state index contributed by atoms with van der Waals surface area (Å²) < 4.78 is 19.2. The first-order valence-corrected chi connectivity index (χ1v) is 13.2. The Bertz CT molecular complexity index is 1320. The summed E-state index contributed by atoms with van der Waals surface area (Å²) in [5.41, 5.74) is 3.22. The second-order valence-corrected chi connectivity index (χ2v) is 10.2. The molecule has 0 aromatic carbocycles. The maximum atomic E-state index is 11.6. The van der Waals surface area contributed by atoms with Gasteiger partial charge in [0.05, 0.1) is 46.9 Å². The fraction of sp³-hybridized carbons (Fsp3) is 0.538. The molecule has 5 rings (SSSR count). The highest BCUT2D eigenvalue weighted by Crippen LogP contribution is 2.48. The number of hydrogen-bond donors (Lipinski definition) is 1. The molecule has 0 saturated heterocycles. The van der Waals surface area contributed by atoms with Crippen LogP contribution in [0.2, 0.25) is 5.02 Å². The van der Waals surface area contributed by atoms with Crippen LogP contribution < -0.4 is 9.47 Å². The van der Waals surface area contributed by atoms with Crippen LogP contribution in [0.25, 0.3) is 11.4 Å². The molecule has 12 heteroatoms. The van der Waals surface area contributed by atoms with Gasteiger partial charge in [0.25, 0.3) is 0 Å². The number of aromatic nitrogens is 6. The van der Waals surface area contributed by atoms with Crippen molar-refractivity contribution < 1.29 is 24.1 Å². The van der Waals surface area contributed by atoms with Crippen molar-refractivity contribution in [2.75, 3.05) is 6.61 Å². The number of carboxylic acid groups (broad SMARTS) is 1. The van der Waals surface area contributed by atoms with Crippen LogP contribution in [-0.4, -0.2) is 53.7 Å². The van der Waals surface area contributed by atoms with Gasteiger partial charge in [-0.25, -0.2) is 14.6 Å². The number of aliphatic carboxylic acids is 1. The Hall–Kier alpha value is -3.31. The van der Waals surface area contributed by atoms with E-state index in [0.717, 1.165) is 31.4 Å². The smallest absolute Gasteiger partial charge is 0.317 e. The molecule has 4 atom stereocenters. The summed E-state index contributed by atoms with van der Waals surface area (Å²) in [5.74, 6) is 0.395. The average Bonchev–Trinajstić information content (AvgIpc) is 3.58. The number of ether oxygens (including phenoxy) is 3. The molecule has 3 aromatic heterocycles. The number of rotatable bonds is 10. The lowest BCUT2D eigenvalue weighted by Crippen LogP contribution is -2.21. The van der Waals surface area contributed by atoms with Gasteiger partial charge in [-0.05, 0) is 63.5 Å². The number of halogens is 1. The fourth-order valence-electron chi connectivity index (χ4n) is 5.55. The summed E-state index contributed by atoms with van der Waals surface area (Å²) in [7, 11) is 1.78. The van der Waals surface area contributed by atoms with Crippen LogP contribution in [0.15, 0.2) is 18.3 Å². The molecule has 3 aromatic rings. The summed E-state index contributed by atoms with van der Waals surface area (Å²) in [6.07, 6.45) is 4.89. The lowest BCUT2D eigenvalue weighted by Gasteiger charge is -2.18. The van der Waals surface area contributed by atoms with Crippen LogP contribution in [0.4, 0.5) is 0 Å². The summed E-state index contributed by atoms with van der Waals surface area (Å²) in [6, 6.07) is 3.92. The van der Waals surface area contributed by atoms with E-state index in [-0.39, 0.29) is 37.2 Å². The Morgan fingerprint density at radius 3 is 2.82 bits per heavy atom. The van der Waals surface area contributed by atoms with Crippen LogP contribution >= 0.6 is 11.6 Å². The van der Waals surface area contributed by atoms with Gasteiger partial charge in [0.2, 0.25) is 0 Å². The van der Waals surface area contributed by atoms with E-state index in [1.807, 2.05) is 26.0 Å². The van der Waals surface area contributed by atoms with Gasteiger partial charge in [-0.3, -0.25) is 4.79 Å². The molecule has 3 heterocycles. The van der Waals surface area contributed by atoms with E-state index in [9.17, 15) is 9.90 Å². The molecule has 0 bridgehead atoms. The fourth-order valence-corrected chi connectivity index (χ4v) is 5.69. The predicted octanol–water partition coefficient (Wildman–Crippen LogP) is 4.01. The molecule has 1 N–H and O–H groups in total. The Morgan fingerprint density at radius 1 is 1.21 bits per heavy atom. The largest absolute Gasteiger partial charge is 0.489 e. The van der Waals surface area contributed by atoms with Crippen molar-refractivity contribution in [3.05, 3.63) is 40.4 Å². The lowest BCUT2D eigenvalue weighted by atomic mass is 9.92. The predicted molar refractivity (Wildman–Crippen MR) is 137 cm³/mol. The highest BCUT2D eigenvalue weighted by molar-refractivity contribution is 6.31. The van der Waals surface area contributed by atoms with Gasteiger partial charge in [0, 0.05) is 13.7 Å². The second kappa shape index (κ2) is 11.2. The molecule has 0 unspecified atom stereocenters. The zero-order valence-corrected chi connectivity index (χ0v) is 22.4. The first-order valence-electron chi connectivity index (χ1n) is 12.8. The van der Waals surface area contributed by atoms with Crippen molar-refractivity contribution >= 4 is 17.6 Å². The molecule has 2 fully saturated rings. The van der Waals surface area contributed by atoms with Crippen LogP contribution in [-0.2, 0) is 29.8 Å². The highest BCUT2D eigenvalue weighted by Gasteiger charge is 2.47. The Labute approximate surface area is 225 Å². The van der Waals surface area contributed by atoms with Crippen molar-refractivity contribution in [1.82, 2.24) is 29.9 Å². The maximum Gasteiger partial charge on any atom is 0.317 e. The van der Waals surface area contributed by atoms with E-state index < -0.39 is 5.97 Å².